The molecule has 2 aromatic rings. The Morgan fingerprint density at radius 2 is 2.13 bits per heavy atom. The molecule has 0 saturated heterocycles. The van der Waals surface area contributed by atoms with Crippen LogP contribution in [-0.4, -0.2) is 9.97 Å². The van der Waals surface area contributed by atoms with Gasteiger partial charge in [0.15, 0.2) is 0 Å². The zero-order valence-corrected chi connectivity index (χ0v) is 9.61. The number of nitrogens with two attached hydrogens (primary N) is 1. The predicted octanol–water partition coefficient (Wildman–Crippen LogP) is 2.36. The van der Waals surface area contributed by atoms with Crippen LogP contribution in [0.5, 0.6) is 0 Å². The lowest BCUT2D eigenvalue weighted by molar-refractivity contribution is 0.912. The molecule has 2 N–H and O–H groups in total. The first-order chi connectivity index (χ1) is 7.29. The Kier molecular flexibility index (Phi) is 3.08. The first kappa shape index (κ1) is 10.3. The first-order valence-electron chi connectivity index (χ1n) is 4.57. The molecule has 2 rings (SSSR count). The molecular formula is C11H10BrN3. The summed E-state index contributed by atoms with van der Waals surface area (Å²) in [6.07, 6.45) is 1.73. The van der Waals surface area contributed by atoms with Crippen molar-refractivity contribution in [3.63, 3.8) is 0 Å². The van der Waals surface area contributed by atoms with Crippen molar-refractivity contribution in [1.29, 1.82) is 0 Å². The summed E-state index contributed by atoms with van der Waals surface area (Å²) in [5.74, 6) is 0.660. The Morgan fingerprint density at radius 3 is 2.87 bits per heavy atom. The summed E-state index contributed by atoms with van der Waals surface area (Å²) in [6, 6.07) is 9.86. The van der Waals surface area contributed by atoms with Crippen LogP contribution in [0.15, 0.2) is 41.0 Å². The third-order valence-corrected chi connectivity index (χ3v) is 2.50. The second-order valence-electron chi connectivity index (χ2n) is 3.07. The van der Waals surface area contributed by atoms with Crippen LogP contribution in [0.4, 0.5) is 0 Å². The van der Waals surface area contributed by atoms with E-state index in [1.807, 2.05) is 30.3 Å². The lowest BCUT2D eigenvalue weighted by Gasteiger charge is -2.02. The topological polar surface area (TPSA) is 51.8 Å². The van der Waals surface area contributed by atoms with Crippen molar-refractivity contribution < 1.29 is 0 Å². The summed E-state index contributed by atoms with van der Waals surface area (Å²) in [5.41, 5.74) is 7.44. The van der Waals surface area contributed by atoms with E-state index in [0.717, 1.165) is 15.7 Å². The van der Waals surface area contributed by atoms with Crippen molar-refractivity contribution in [2.45, 2.75) is 6.54 Å². The summed E-state index contributed by atoms with van der Waals surface area (Å²) in [6.45, 7) is 0.363. The number of aromatic nitrogens is 2. The van der Waals surface area contributed by atoms with Crippen molar-refractivity contribution >= 4 is 15.9 Å². The van der Waals surface area contributed by atoms with Gasteiger partial charge in [-0.1, -0.05) is 28.1 Å². The van der Waals surface area contributed by atoms with E-state index in [-0.39, 0.29) is 0 Å². The van der Waals surface area contributed by atoms with Crippen molar-refractivity contribution in [3.05, 3.63) is 46.8 Å². The van der Waals surface area contributed by atoms with Gasteiger partial charge >= 0.3 is 0 Å². The summed E-state index contributed by atoms with van der Waals surface area (Å²) < 4.78 is 1.04. The molecule has 0 aliphatic rings. The molecule has 15 heavy (non-hydrogen) atoms. The molecule has 1 aromatic carbocycles. The van der Waals surface area contributed by atoms with Gasteiger partial charge in [0.25, 0.3) is 0 Å². The average Bonchev–Trinajstić information content (AvgIpc) is 2.29. The van der Waals surface area contributed by atoms with Gasteiger partial charge in [0.2, 0.25) is 0 Å². The van der Waals surface area contributed by atoms with Crippen LogP contribution in [0.2, 0.25) is 0 Å². The van der Waals surface area contributed by atoms with Crippen molar-refractivity contribution in [3.8, 4) is 11.3 Å². The summed E-state index contributed by atoms with van der Waals surface area (Å²) >= 11 is 3.43. The third kappa shape index (κ3) is 2.40. The molecular weight excluding hydrogens is 254 g/mol. The number of hydrogen-bond donors (Lipinski definition) is 1. The molecule has 0 spiro atoms. The fourth-order valence-electron chi connectivity index (χ4n) is 1.31. The zero-order chi connectivity index (χ0) is 10.7. The lowest BCUT2D eigenvalue weighted by Crippen LogP contribution is -2.02. The molecule has 0 aliphatic heterocycles. The number of halogens is 1. The van der Waals surface area contributed by atoms with Gasteiger partial charge in [-0.2, -0.15) is 0 Å². The minimum Gasteiger partial charge on any atom is -0.324 e. The fourth-order valence-corrected chi connectivity index (χ4v) is 1.71. The van der Waals surface area contributed by atoms with Gasteiger partial charge in [0.05, 0.1) is 12.2 Å². The molecule has 0 radical (unpaired) electrons. The summed E-state index contributed by atoms with van der Waals surface area (Å²) in [5, 5.41) is 0. The molecule has 0 fully saturated rings. The van der Waals surface area contributed by atoms with Gasteiger partial charge in [-0.25, -0.2) is 9.97 Å². The zero-order valence-electron chi connectivity index (χ0n) is 8.02. The molecule has 0 bridgehead atoms. The minimum atomic E-state index is 0.363. The SMILES string of the molecule is NCc1nccc(-c2cccc(Br)c2)n1. The van der Waals surface area contributed by atoms with Crippen LogP contribution in [0.25, 0.3) is 11.3 Å². The summed E-state index contributed by atoms with van der Waals surface area (Å²) in [4.78, 5) is 8.40. The van der Waals surface area contributed by atoms with E-state index in [2.05, 4.69) is 25.9 Å². The largest absolute Gasteiger partial charge is 0.324 e. The van der Waals surface area contributed by atoms with Crippen molar-refractivity contribution in [1.82, 2.24) is 9.97 Å². The van der Waals surface area contributed by atoms with E-state index in [1.165, 1.54) is 0 Å². The maximum Gasteiger partial charge on any atom is 0.142 e. The highest BCUT2D eigenvalue weighted by Gasteiger charge is 2.01. The highest BCUT2D eigenvalue weighted by Crippen LogP contribution is 2.20. The van der Waals surface area contributed by atoms with E-state index >= 15 is 0 Å². The number of hydrogen-bond acceptors (Lipinski definition) is 3. The van der Waals surface area contributed by atoms with E-state index in [9.17, 15) is 0 Å². The molecule has 4 heteroatoms. The summed E-state index contributed by atoms with van der Waals surface area (Å²) in [7, 11) is 0. The Balaban J connectivity index is 2.44. The average molecular weight is 264 g/mol. The van der Waals surface area contributed by atoms with Gasteiger partial charge in [-0.3, -0.25) is 0 Å². The monoisotopic (exact) mass is 263 g/mol. The molecule has 0 aliphatic carbocycles. The van der Waals surface area contributed by atoms with Gasteiger partial charge in [-0.05, 0) is 18.2 Å². The molecule has 0 saturated carbocycles. The first-order valence-corrected chi connectivity index (χ1v) is 5.37. The van der Waals surface area contributed by atoms with Crippen LogP contribution in [-0.2, 0) is 6.54 Å². The second kappa shape index (κ2) is 4.51. The Bertz CT molecular complexity index is 471. The van der Waals surface area contributed by atoms with Crippen LogP contribution in [0, 0.1) is 0 Å². The van der Waals surface area contributed by atoms with Gasteiger partial charge in [0.1, 0.15) is 5.82 Å². The van der Waals surface area contributed by atoms with E-state index in [4.69, 9.17) is 5.73 Å². The number of benzene rings is 1. The smallest absolute Gasteiger partial charge is 0.142 e. The van der Waals surface area contributed by atoms with Crippen LogP contribution in [0.3, 0.4) is 0 Å². The van der Waals surface area contributed by atoms with Crippen LogP contribution >= 0.6 is 15.9 Å². The van der Waals surface area contributed by atoms with Crippen LogP contribution in [0.1, 0.15) is 5.82 Å². The van der Waals surface area contributed by atoms with Gasteiger partial charge < -0.3 is 5.73 Å². The molecule has 1 heterocycles. The van der Waals surface area contributed by atoms with Gasteiger partial charge in [0, 0.05) is 16.2 Å². The molecule has 76 valence electrons. The normalized spacial score (nSPS) is 10.3. The van der Waals surface area contributed by atoms with E-state index in [0.29, 0.717) is 12.4 Å². The molecule has 0 atom stereocenters. The van der Waals surface area contributed by atoms with Crippen molar-refractivity contribution in [2.24, 2.45) is 5.73 Å². The van der Waals surface area contributed by atoms with E-state index < -0.39 is 0 Å². The maximum atomic E-state index is 5.49. The van der Waals surface area contributed by atoms with Gasteiger partial charge in [-0.15, -0.1) is 0 Å². The fraction of sp³-hybridized carbons (Fsp3) is 0.0909. The Labute approximate surface area is 96.5 Å². The standard InChI is InChI=1S/C11H10BrN3/c12-9-3-1-2-8(6-9)10-4-5-14-11(7-13)15-10/h1-6H,7,13H2. The Hall–Kier alpha value is -1.26. The number of nitrogens with zero attached hydrogens (tertiary/aromatic N) is 2. The molecule has 0 unspecified atom stereocenters. The van der Waals surface area contributed by atoms with E-state index in [1.54, 1.807) is 6.20 Å². The lowest BCUT2D eigenvalue weighted by atomic mass is 10.1. The van der Waals surface area contributed by atoms with Crippen molar-refractivity contribution in [2.75, 3.05) is 0 Å². The predicted molar refractivity (Wildman–Crippen MR) is 63.1 cm³/mol. The second-order valence-corrected chi connectivity index (χ2v) is 3.99. The highest BCUT2D eigenvalue weighted by atomic mass is 79.9. The molecule has 0 amide bonds. The minimum absolute atomic E-state index is 0.363. The quantitative estimate of drug-likeness (QED) is 0.905. The third-order valence-electron chi connectivity index (χ3n) is 2.01. The molecule has 1 aromatic heterocycles. The van der Waals surface area contributed by atoms with Crippen LogP contribution < -0.4 is 5.73 Å². The number of rotatable bonds is 2. The Morgan fingerprint density at radius 1 is 1.27 bits per heavy atom. The maximum absolute atomic E-state index is 5.49. The molecule has 3 nitrogen and oxygen atoms in total. The highest BCUT2D eigenvalue weighted by molar-refractivity contribution is 9.10.